The molecule has 2 N–H and O–H groups in total. The van der Waals surface area contributed by atoms with Gasteiger partial charge in [-0.3, -0.25) is 0 Å². The van der Waals surface area contributed by atoms with Crippen molar-refractivity contribution in [2.24, 2.45) is 0 Å². The molecular formula is C12H15NO. The van der Waals surface area contributed by atoms with Crippen molar-refractivity contribution in [3.8, 4) is 11.8 Å². The molecule has 2 nitrogen and oxygen atoms in total. The van der Waals surface area contributed by atoms with Gasteiger partial charge in [0, 0.05) is 6.54 Å². The van der Waals surface area contributed by atoms with Gasteiger partial charge < -0.3 is 10.4 Å². The third kappa shape index (κ3) is 3.61. The third-order valence-electron chi connectivity index (χ3n) is 1.89. The van der Waals surface area contributed by atoms with E-state index in [1.54, 1.807) is 0 Å². The van der Waals surface area contributed by atoms with E-state index in [-0.39, 0.29) is 6.61 Å². The molecule has 0 aliphatic carbocycles. The number of benzene rings is 1. The van der Waals surface area contributed by atoms with Gasteiger partial charge in [-0.2, -0.15) is 0 Å². The maximum absolute atomic E-state index is 8.93. The van der Waals surface area contributed by atoms with Gasteiger partial charge in [0.25, 0.3) is 0 Å². The van der Waals surface area contributed by atoms with Crippen molar-refractivity contribution >= 4 is 0 Å². The summed E-state index contributed by atoms with van der Waals surface area (Å²) in [7, 11) is 0. The van der Waals surface area contributed by atoms with Crippen LogP contribution in [0, 0.1) is 11.8 Å². The summed E-state index contributed by atoms with van der Waals surface area (Å²) in [6.45, 7) is 3.43. The molecule has 0 atom stereocenters. The highest BCUT2D eigenvalue weighted by molar-refractivity contribution is 5.22. The van der Waals surface area contributed by atoms with Crippen molar-refractivity contribution in [2.75, 3.05) is 6.54 Å². The molecule has 0 bridgehead atoms. The Labute approximate surface area is 85.0 Å². The monoisotopic (exact) mass is 189 g/mol. The van der Waals surface area contributed by atoms with Gasteiger partial charge >= 0.3 is 0 Å². The highest BCUT2D eigenvalue weighted by Crippen LogP contribution is 2.04. The maximum Gasteiger partial charge on any atom is 0.0681 e. The van der Waals surface area contributed by atoms with Crippen LogP contribution in [0.5, 0.6) is 0 Å². The Bertz CT molecular complexity index is 336. The Morgan fingerprint density at radius 3 is 2.86 bits per heavy atom. The first-order valence-electron chi connectivity index (χ1n) is 4.66. The largest absolute Gasteiger partial charge is 0.392 e. The van der Waals surface area contributed by atoms with Crippen LogP contribution >= 0.6 is 0 Å². The molecule has 14 heavy (non-hydrogen) atoms. The normalized spacial score (nSPS) is 9.29. The minimum Gasteiger partial charge on any atom is -0.392 e. The third-order valence-corrected chi connectivity index (χ3v) is 1.89. The molecule has 0 fully saturated rings. The average molecular weight is 189 g/mol. The Kier molecular flexibility index (Phi) is 4.77. The van der Waals surface area contributed by atoms with Crippen LogP contribution in [0.1, 0.15) is 18.1 Å². The molecule has 2 heteroatoms. The topological polar surface area (TPSA) is 32.3 Å². The van der Waals surface area contributed by atoms with Gasteiger partial charge in [0.1, 0.15) is 0 Å². The first-order valence-corrected chi connectivity index (χ1v) is 4.66. The molecule has 1 aromatic rings. The smallest absolute Gasteiger partial charge is 0.0681 e. The molecule has 0 heterocycles. The zero-order valence-electron chi connectivity index (χ0n) is 8.38. The van der Waals surface area contributed by atoms with Gasteiger partial charge in [0.2, 0.25) is 0 Å². The number of rotatable bonds is 4. The van der Waals surface area contributed by atoms with Crippen LogP contribution in [0.4, 0.5) is 0 Å². The van der Waals surface area contributed by atoms with Gasteiger partial charge in [-0.1, -0.05) is 30.2 Å². The van der Waals surface area contributed by atoms with E-state index < -0.39 is 0 Å². The van der Waals surface area contributed by atoms with E-state index in [1.807, 2.05) is 31.2 Å². The molecule has 0 saturated carbocycles. The van der Waals surface area contributed by atoms with Crippen LogP contribution in [0.3, 0.4) is 0 Å². The van der Waals surface area contributed by atoms with Crippen molar-refractivity contribution < 1.29 is 5.11 Å². The fraction of sp³-hybridized carbons (Fsp3) is 0.333. The van der Waals surface area contributed by atoms with E-state index in [0.29, 0.717) is 6.54 Å². The van der Waals surface area contributed by atoms with Crippen LogP contribution in [0.25, 0.3) is 0 Å². The van der Waals surface area contributed by atoms with Gasteiger partial charge in [-0.25, -0.2) is 0 Å². The highest BCUT2D eigenvalue weighted by Gasteiger charge is 1.93. The van der Waals surface area contributed by atoms with Crippen molar-refractivity contribution in [3.63, 3.8) is 0 Å². The van der Waals surface area contributed by atoms with Gasteiger partial charge in [-0.15, -0.1) is 5.92 Å². The average Bonchev–Trinajstić information content (AvgIpc) is 2.25. The molecule has 0 spiro atoms. The summed E-state index contributed by atoms with van der Waals surface area (Å²) in [5.74, 6) is 5.76. The second-order valence-electron chi connectivity index (χ2n) is 3.01. The predicted molar refractivity (Wildman–Crippen MR) is 57.5 cm³/mol. The van der Waals surface area contributed by atoms with Crippen LogP contribution in [-0.2, 0) is 13.2 Å². The van der Waals surface area contributed by atoms with Crippen molar-refractivity contribution in [1.29, 1.82) is 0 Å². The number of aliphatic hydroxyl groups is 1. The fourth-order valence-corrected chi connectivity index (χ4v) is 1.20. The number of aliphatic hydroxyl groups excluding tert-OH is 1. The second-order valence-corrected chi connectivity index (χ2v) is 3.01. The first kappa shape index (κ1) is 10.8. The molecule has 0 unspecified atom stereocenters. The lowest BCUT2D eigenvalue weighted by molar-refractivity contribution is 0.281. The predicted octanol–water partition coefficient (Wildman–Crippen LogP) is 1.29. The first-order chi connectivity index (χ1) is 6.86. The zero-order chi connectivity index (χ0) is 10.2. The van der Waals surface area contributed by atoms with Crippen LogP contribution < -0.4 is 5.32 Å². The Balaban J connectivity index is 2.44. The summed E-state index contributed by atoms with van der Waals surface area (Å²) in [5, 5.41) is 12.1. The Hall–Kier alpha value is -1.30. The molecule has 0 saturated heterocycles. The molecule has 0 aliphatic heterocycles. The Morgan fingerprint density at radius 1 is 1.36 bits per heavy atom. The van der Waals surface area contributed by atoms with E-state index >= 15 is 0 Å². The van der Waals surface area contributed by atoms with Crippen molar-refractivity contribution in [3.05, 3.63) is 35.4 Å². The number of nitrogens with one attached hydrogen (secondary N) is 1. The second kappa shape index (κ2) is 6.20. The van der Waals surface area contributed by atoms with Crippen LogP contribution in [0.2, 0.25) is 0 Å². The molecule has 0 aromatic heterocycles. The minimum atomic E-state index is 0.0998. The van der Waals surface area contributed by atoms with Crippen LogP contribution in [-0.4, -0.2) is 11.7 Å². The van der Waals surface area contributed by atoms with Gasteiger partial charge in [0.15, 0.2) is 0 Å². The lowest BCUT2D eigenvalue weighted by Crippen LogP contribution is -2.13. The van der Waals surface area contributed by atoms with E-state index in [1.165, 1.54) is 5.56 Å². The summed E-state index contributed by atoms with van der Waals surface area (Å²) in [6.07, 6.45) is 0. The molecule has 0 aliphatic rings. The molecule has 1 rings (SSSR count). The lowest BCUT2D eigenvalue weighted by atomic mass is 10.1. The van der Waals surface area contributed by atoms with E-state index in [2.05, 4.69) is 17.2 Å². The van der Waals surface area contributed by atoms with E-state index in [0.717, 1.165) is 12.1 Å². The van der Waals surface area contributed by atoms with Crippen molar-refractivity contribution in [1.82, 2.24) is 5.32 Å². The van der Waals surface area contributed by atoms with Crippen LogP contribution in [0.15, 0.2) is 24.3 Å². The van der Waals surface area contributed by atoms with E-state index in [9.17, 15) is 0 Å². The molecule has 0 radical (unpaired) electrons. The maximum atomic E-state index is 8.93. The summed E-state index contributed by atoms with van der Waals surface area (Å²) in [6, 6.07) is 7.89. The van der Waals surface area contributed by atoms with Gasteiger partial charge in [0.05, 0.1) is 13.2 Å². The van der Waals surface area contributed by atoms with Crippen molar-refractivity contribution in [2.45, 2.75) is 20.1 Å². The SMILES string of the molecule is CC#CCNCc1cccc(CO)c1. The number of hydrogen-bond donors (Lipinski definition) is 2. The molecule has 0 amide bonds. The molecule has 74 valence electrons. The zero-order valence-corrected chi connectivity index (χ0v) is 8.38. The summed E-state index contributed by atoms with van der Waals surface area (Å²) >= 11 is 0. The quantitative estimate of drug-likeness (QED) is 0.552. The minimum absolute atomic E-state index is 0.0998. The fourth-order valence-electron chi connectivity index (χ4n) is 1.20. The highest BCUT2D eigenvalue weighted by atomic mass is 16.3. The molecular weight excluding hydrogens is 174 g/mol. The lowest BCUT2D eigenvalue weighted by Gasteiger charge is -2.03. The number of hydrogen-bond acceptors (Lipinski definition) is 2. The van der Waals surface area contributed by atoms with E-state index in [4.69, 9.17) is 5.11 Å². The summed E-state index contributed by atoms with van der Waals surface area (Å²) in [5.41, 5.74) is 2.13. The summed E-state index contributed by atoms with van der Waals surface area (Å²) in [4.78, 5) is 0. The van der Waals surface area contributed by atoms with Gasteiger partial charge in [-0.05, 0) is 18.1 Å². The standard InChI is InChI=1S/C12H15NO/c1-2-3-7-13-9-11-5-4-6-12(8-11)10-14/h4-6,8,13-14H,7,9-10H2,1H3. The Morgan fingerprint density at radius 2 is 2.14 bits per heavy atom. The molecule has 1 aromatic carbocycles. The summed E-state index contributed by atoms with van der Waals surface area (Å²) < 4.78 is 0.